The normalized spacial score (nSPS) is 23.7. The Labute approximate surface area is 187 Å². The van der Waals surface area contributed by atoms with Gasteiger partial charge in [-0.05, 0) is 34.9 Å². The van der Waals surface area contributed by atoms with Gasteiger partial charge in [0.2, 0.25) is 0 Å². The lowest BCUT2D eigenvalue weighted by atomic mass is 9.83. The number of aromatic nitrogens is 1. The molecule has 32 heavy (non-hydrogen) atoms. The first kappa shape index (κ1) is 20.8. The number of ether oxygens (including phenoxy) is 1. The largest absolute Gasteiger partial charge is 0.361 e. The molecule has 3 heterocycles. The molecule has 6 heteroatoms. The van der Waals surface area contributed by atoms with Crippen LogP contribution in [0.1, 0.15) is 22.6 Å². The molecule has 0 radical (unpaired) electrons. The molecular weight excluding hydrogens is 405 g/mol. The van der Waals surface area contributed by atoms with Gasteiger partial charge in [-0.3, -0.25) is 14.7 Å². The third-order valence-electron chi connectivity index (χ3n) is 6.45. The molecule has 0 unspecified atom stereocenters. The summed E-state index contributed by atoms with van der Waals surface area (Å²) in [5.41, 5.74) is 2.18. The molecule has 2 fully saturated rings. The zero-order valence-corrected chi connectivity index (χ0v) is 17.9. The lowest BCUT2D eigenvalue weighted by Gasteiger charge is -2.42. The first-order valence-electron chi connectivity index (χ1n) is 11.0. The second-order valence-corrected chi connectivity index (χ2v) is 8.59. The average molecular weight is 432 g/mol. The molecule has 5 rings (SSSR count). The quantitative estimate of drug-likeness (QED) is 0.619. The fourth-order valence-corrected chi connectivity index (χ4v) is 4.92. The number of halogens is 1. The van der Waals surface area contributed by atoms with Crippen LogP contribution in [0.2, 0.25) is 0 Å². The monoisotopic (exact) mass is 431 g/mol. The maximum Gasteiger partial charge on any atom is 0.257 e. The maximum absolute atomic E-state index is 13.9. The Morgan fingerprint density at radius 2 is 1.78 bits per heavy atom. The highest BCUT2D eigenvalue weighted by Crippen LogP contribution is 2.42. The van der Waals surface area contributed by atoms with Crippen LogP contribution >= 0.6 is 0 Å². The minimum Gasteiger partial charge on any atom is -0.361 e. The smallest absolute Gasteiger partial charge is 0.257 e. The first-order chi connectivity index (χ1) is 15.6. The molecule has 2 atom stereocenters. The van der Waals surface area contributed by atoms with Gasteiger partial charge >= 0.3 is 0 Å². The molecule has 1 spiro atoms. The minimum atomic E-state index is -0.948. The highest BCUT2D eigenvalue weighted by atomic mass is 19.1. The van der Waals surface area contributed by atoms with Crippen LogP contribution in [0.15, 0.2) is 79.1 Å². The van der Waals surface area contributed by atoms with Crippen molar-refractivity contribution in [3.63, 3.8) is 0 Å². The Bertz CT molecular complexity index is 1060. The molecule has 2 aliphatic rings. The summed E-state index contributed by atoms with van der Waals surface area (Å²) in [6.45, 7) is 3.45. The Morgan fingerprint density at radius 3 is 2.53 bits per heavy atom. The van der Waals surface area contributed by atoms with Gasteiger partial charge in [-0.2, -0.15) is 0 Å². The van der Waals surface area contributed by atoms with E-state index in [0.717, 1.165) is 16.7 Å². The van der Waals surface area contributed by atoms with Gasteiger partial charge in [0, 0.05) is 51.0 Å². The molecule has 3 aromatic rings. The standard InChI is InChI=1S/C26H26FN3O2/c27-23-10-8-21(9-11-23)16-29-18-24(22-7-4-12-28-15-22)26(19-29)25(31)30(13-14-32-26)17-20-5-2-1-3-6-20/h1-12,15,24H,13-14,16-19H2/t24-,26-/m1/s1. The minimum absolute atomic E-state index is 0.0306. The van der Waals surface area contributed by atoms with E-state index in [0.29, 0.717) is 39.3 Å². The number of pyridine rings is 1. The lowest BCUT2D eigenvalue weighted by Crippen LogP contribution is -2.59. The summed E-state index contributed by atoms with van der Waals surface area (Å²) < 4.78 is 19.7. The van der Waals surface area contributed by atoms with Crippen LogP contribution in [-0.4, -0.2) is 52.5 Å². The summed E-state index contributed by atoms with van der Waals surface area (Å²) in [7, 11) is 0. The van der Waals surface area contributed by atoms with Crippen LogP contribution in [0, 0.1) is 5.82 Å². The number of hydrogen-bond acceptors (Lipinski definition) is 4. The van der Waals surface area contributed by atoms with Crippen molar-refractivity contribution in [2.75, 3.05) is 26.2 Å². The Kier molecular flexibility index (Phi) is 5.72. The molecule has 0 N–H and O–H groups in total. The molecule has 2 aliphatic heterocycles. The number of rotatable bonds is 5. The number of benzene rings is 2. The number of nitrogens with zero attached hydrogens (tertiary/aromatic N) is 3. The molecule has 5 nitrogen and oxygen atoms in total. The summed E-state index contributed by atoms with van der Waals surface area (Å²) in [6.07, 6.45) is 3.58. The summed E-state index contributed by atoms with van der Waals surface area (Å²) in [4.78, 5) is 22.3. The Hall–Kier alpha value is -3.09. The van der Waals surface area contributed by atoms with Gasteiger partial charge in [-0.1, -0.05) is 48.5 Å². The average Bonchev–Trinajstić information content (AvgIpc) is 3.18. The van der Waals surface area contributed by atoms with E-state index < -0.39 is 5.60 Å². The van der Waals surface area contributed by atoms with Crippen molar-refractivity contribution in [3.05, 3.63) is 102 Å². The summed E-state index contributed by atoms with van der Waals surface area (Å²) in [5.74, 6) is -0.340. The number of likely N-dealkylation sites (tertiary alicyclic amines) is 1. The number of amides is 1. The molecular formula is C26H26FN3O2. The molecule has 2 aromatic carbocycles. The van der Waals surface area contributed by atoms with Crippen LogP contribution in [0.4, 0.5) is 4.39 Å². The van der Waals surface area contributed by atoms with Crippen molar-refractivity contribution in [1.82, 2.24) is 14.8 Å². The number of carbonyl (C=O) groups is 1. The summed E-state index contributed by atoms with van der Waals surface area (Å²) >= 11 is 0. The second kappa shape index (κ2) is 8.81. The van der Waals surface area contributed by atoms with E-state index >= 15 is 0 Å². The molecule has 2 saturated heterocycles. The van der Waals surface area contributed by atoms with Gasteiger partial charge < -0.3 is 9.64 Å². The number of morpholine rings is 1. The predicted octanol–water partition coefficient (Wildman–Crippen LogP) is 3.62. The van der Waals surface area contributed by atoms with Gasteiger partial charge in [0.25, 0.3) is 5.91 Å². The third kappa shape index (κ3) is 4.04. The van der Waals surface area contributed by atoms with E-state index in [1.165, 1.54) is 12.1 Å². The lowest BCUT2D eigenvalue weighted by molar-refractivity contribution is -0.173. The van der Waals surface area contributed by atoms with E-state index in [9.17, 15) is 9.18 Å². The first-order valence-corrected chi connectivity index (χ1v) is 11.0. The zero-order chi connectivity index (χ0) is 22.0. The van der Waals surface area contributed by atoms with Crippen molar-refractivity contribution >= 4 is 5.91 Å². The molecule has 164 valence electrons. The summed E-state index contributed by atoms with van der Waals surface area (Å²) in [6, 6.07) is 20.5. The van der Waals surface area contributed by atoms with Crippen LogP contribution in [0.5, 0.6) is 0 Å². The molecule has 0 saturated carbocycles. The van der Waals surface area contributed by atoms with Gasteiger partial charge in [-0.25, -0.2) is 4.39 Å². The van der Waals surface area contributed by atoms with E-state index in [2.05, 4.69) is 9.88 Å². The van der Waals surface area contributed by atoms with Crippen molar-refractivity contribution in [2.24, 2.45) is 0 Å². The predicted molar refractivity (Wildman–Crippen MR) is 119 cm³/mol. The fourth-order valence-electron chi connectivity index (χ4n) is 4.92. The molecule has 0 bridgehead atoms. The van der Waals surface area contributed by atoms with Crippen molar-refractivity contribution in [3.8, 4) is 0 Å². The fraction of sp³-hybridized carbons (Fsp3) is 0.308. The Morgan fingerprint density at radius 1 is 1.00 bits per heavy atom. The molecule has 0 aliphatic carbocycles. The summed E-state index contributed by atoms with van der Waals surface area (Å²) in [5, 5.41) is 0. The van der Waals surface area contributed by atoms with Gasteiger partial charge in [0.1, 0.15) is 5.82 Å². The topological polar surface area (TPSA) is 45.7 Å². The highest BCUT2D eigenvalue weighted by Gasteiger charge is 2.56. The zero-order valence-electron chi connectivity index (χ0n) is 17.9. The van der Waals surface area contributed by atoms with Gasteiger partial charge in [0.05, 0.1) is 6.61 Å². The van der Waals surface area contributed by atoms with Crippen LogP contribution in [0.3, 0.4) is 0 Å². The highest BCUT2D eigenvalue weighted by molar-refractivity contribution is 5.88. The SMILES string of the molecule is O=C1N(Cc2ccccc2)CCO[C@@]12CN(Cc1ccc(F)cc1)C[C@@H]2c1cccnc1. The van der Waals surface area contributed by atoms with Crippen molar-refractivity contribution in [1.29, 1.82) is 0 Å². The van der Waals surface area contributed by atoms with Gasteiger partial charge in [0.15, 0.2) is 5.60 Å². The van der Waals surface area contributed by atoms with Crippen LogP contribution in [-0.2, 0) is 22.6 Å². The van der Waals surface area contributed by atoms with Gasteiger partial charge in [-0.15, -0.1) is 0 Å². The van der Waals surface area contributed by atoms with E-state index in [4.69, 9.17) is 4.74 Å². The second-order valence-electron chi connectivity index (χ2n) is 8.59. The van der Waals surface area contributed by atoms with E-state index in [-0.39, 0.29) is 17.6 Å². The maximum atomic E-state index is 13.9. The number of carbonyl (C=O) groups excluding carboxylic acids is 1. The van der Waals surface area contributed by atoms with Crippen LogP contribution in [0.25, 0.3) is 0 Å². The molecule has 1 amide bonds. The Balaban J connectivity index is 1.44. The van der Waals surface area contributed by atoms with Crippen molar-refractivity contribution in [2.45, 2.75) is 24.6 Å². The van der Waals surface area contributed by atoms with E-state index in [1.54, 1.807) is 18.3 Å². The van der Waals surface area contributed by atoms with Crippen LogP contribution < -0.4 is 0 Å². The van der Waals surface area contributed by atoms with Crippen molar-refractivity contribution < 1.29 is 13.9 Å². The molecule has 1 aromatic heterocycles. The van der Waals surface area contributed by atoms with E-state index in [1.807, 2.05) is 53.6 Å². The third-order valence-corrected chi connectivity index (χ3v) is 6.45. The number of hydrogen-bond donors (Lipinski definition) is 0.